The van der Waals surface area contributed by atoms with Gasteiger partial charge in [-0.3, -0.25) is 4.57 Å². The van der Waals surface area contributed by atoms with Crippen LogP contribution in [-0.4, -0.2) is 32.7 Å². The summed E-state index contributed by atoms with van der Waals surface area (Å²) in [5, 5.41) is 9.11. The van der Waals surface area contributed by atoms with Gasteiger partial charge in [-0.05, 0) is 68.2 Å². The number of pyridine rings is 2. The van der Waals surface area contributed by atoms with Crippen LogP contribution in [0.2, 0.25) is 0 Å². The summed E-state index contributed by atoms with van der Waals surface area (Å²) >= 11 is 0. The van der Waals surface area contributed by atoms with Gasteiger partial charge in [-0.2, -0.15) is 5.26 Å². The van der Waals surface area contributed by atoms with E-state index in [0.717, 1.165) is 29.7 Å². The highest BCUT2D eigenvalue weighted by Gasteiger charge is 2.20. The van der Waals surface area contributed by atoms with Crippen molar-refractivity contribution in [1.82, 2.24) is 19.5 Å². The zero-order chi connectivity index (χ0) is 22.6. The Bertz CT molecular complexity index is 1350. The molecule has 5 rings (SSSR count). The average Bonchev–Trinajstić information content (AvgIpc) is 3.51. The van der Waals surface area contributed by atoms with E-state index in [1.807, 2.05) is 47.1 Å². The van der Waals surface area contributed by atoms with Gasteiger partial charge in [-0.25, -0.2) is 15.0 Å². The van der Waals surface area contributed by atoms with Crippen LogP contribution in [0.15, 0.2) is 54.9 Å². The van der Waals surface area contributed by atoms with E-state index in [9.17, 15) is 0 Å². The standard InChI is InChI=1S/C26H23N5O2/c1-32-22-10-4-6-19(25(22)33-20-7-2-3-8-20)12-14-24-30-21-9-5-15-28-26(21)31(24)23-13-11-18(16-27)17-29-23/h4-6,9-15,17,20H,2-3,7-8H2,1H3. The Balaban J connectivity index is 1.57. The van der Waals surface area contributed by atoms with Crippen LogP contribution in [0.5, 0.6) is 11.5 Å². The van der Waals surface area contributed by atoms with E-state index in [4.69, 9.17) is 19.7 Å². The zero-order valence-corrected chi connectivity index (χ0v) is 18.3. The lowest BCUT2D eigenvalue weighted by atomic mass is 10.1. The topological polar surface area (TPSA) is 85.9 Å². The number of imidazole rings is 1. The van der Waals surface area contributed by atoms with Crippen LogP contribution in [0.25, 0.3) is 29.1 Å². The summed E-state index contributed by atoms with van der Waals surface area (Å²) in [6.45, 7) is 0. The Labute approximate surface area is 192 Å². The lowest BCUT2D eigenvalue weighted by Gasteiger charge is -2.18. The molecule has 3 heterocycles. The van der Waals surface area contributed by atoms with Crippen molar-refractivity contribution in [1.29, 1.82) is 5.26 Å². The Morgan fingerprint density at radius 3 is 2.70 bits per heavy atom. The summed E-state index contributed by atoms with van der Waals surface area (Å²) < 4.78 is 13.8. The van der Waals surface area contributed by atoms with Crippen molar-refractivity contribution in [3.05, 3.63) is 71.8 Å². The Morgan fingerprint density at radius 1 is 1.06 bits per heavy atom. The van der Waals surface area contributed by atoms with Gasteiger partial charge in [-0.1, -0.05) is 12.1 Å². The number of aromatic nitrogens is 4. The van der Waals surface area contributed by atoms with E-state index in [-0.39, 0.29) is 6.10 Å². The number of benzene rings is 1. The first-order valence-electron chi connectivity index (χ1n) is 11.0. The second-order valence-electron chi connectivity index (χ2n) is 7.90. The van der Waals surface area contributed by atoms with Gasteiger partial charge in [0.25, 0.3) is 0 Å². The number of methoxy groups -OCH3 is 1. The van der Waals surface area contributed by atoms with Crippen molar-refractivity contribution in [3.8, 4) is 23.4 Å². The minimum Gasteiger partial charge on any atom is -0.493 e. The molecule has 33 heavy (non-hydrogen) atoms. The molecule has 0 unspecified atom stereocenters. The van der Waals surface area contributed by atoms with E-state index in [1.165, 1.54) is 12.8 Å². The van der Waals surface area contributed by atoms with Crippen LogP contribution in [-0.2, 0) is 0 Å². The Morgan fingerprint density at radius 2 is 1.94 bits per heavy atom. The minimum absolute atomic E-state index is 0.213. The SMILES string of the molecule is COc1cccc(C=Cc2nc3cccnc3n2-c2ccc(C#N)cn2)c1OC1CCCC1. The summed E-state index contributed by atoms with van der Waals surface area (Å²) in [6.07, 6.45) is 11.9. The predicted molar refractivity (Wildman–Crippen MR) is 126 cm³/mol. The van der Waals surface area contributed by atoms with Crippen molar-refractivity contribution in [2.75, 3.05) is 7.11 Å². The number of hydrogen-bond donors (Lipinski definition) is 0. The first kappa shape index (κ1) is 20.7. The van der Waals surface area contributed by atoms with E-state index < -0.39 is 0 Å². The molecule has 0 saturated heterocycles. The average molecular weight is 438 g/mol. The number of nitriles is 1. The second-order valence-corrected chi connectivity index (χ2v) is 7.90. The molecule has 1 fully saturated rings. The third kappa shape index (κ3) is 4.15. The molecule has 0 radical (unpaired) electrons. The van der Waals surface area contributed by atoms with Crippen molar-refractivity contribution >= 4 is 23.3 Å². The van der Waals surface area contributed by atoms with Crippen LogP contribution in [0, 0.1) is 11.3 Å². The van der Waals surface area contributed by atoms with Gasteiger partial charge in [0, 0.05) is 18.0 Å². The van der Waals surface area contributed by atoms with Crippen molar-refractivity contribution < 1.29 is 9.47 Å². The van der Waals surface area contributed by atoms with Gasteiger partial charge in [0.05, 0.1) is 18.8 Å². The maximum Gasteiger partial charge on any atom is 0.168 e. The van der Waals surface area contributed by atoms with Crippen LogP contribution < -0.4 is 9.47 Å². The fraction of sp³-hybridized carbons (Fsp3) is 0.231. The molecule has 0 atom stereocenters. The molecule has 4 aromatic rings. The van der Waals surface area contributed by atoms with Gasteiger partial charge in [0.15, 0.2) is 17.1 Å². The molecule has 1 aliphatic rings. The maximum atomic E-state index is 9.11. The molecular formula is C26H23N5O2. The molecular weight excluding hydrogens is 414 g/mol. The highest BCUT2D eigenvalue weighted by molar-refractivity contribution is 5.80. The Hall–Kier alpha value is -4.18. The van der Waals surface area contributed by atoms with E-state index >= 15 is 0 Å². The molecule has 0 spiro atoms. The van der Waals surface area contributed by atoms with Crippen molar-refractivity contribution in [3.63, 3.8) is 0 Å². The number of nitrogens with zero attached hydrogens (tertiary/aromatic N) is 5. The molecule has 7 nitrogen and oxygen atoms in total. The molecule has 0 amide bonds. The third-order valence-corrected chi connectivity index (χ3v) is 5.78. The van der Waals surface area contributed by atoms with Gasteiger partial charge in [0.1, 0.15) is 23.2 Å². The summed E-state index contributed by atoms with van der Waals surface area (Å²) in [6, 6.07) is 15.3. The summed E-state index contributed by atoms with van der Waals surface area (Å²) in [5.74, 6) is 2.78. The van der Waals surface area contributed by atoms with E-state index in [1.54, 1.807) is 31.6 Å². The van der Waals surface area contributed by atoms with Crippen LogP contribution in [0.3, 0.4) is 0 Å². The number of ether oxygens (including phenoxy) is 2. The van der Waals surface area contributed by atoms with E-state index in [2.05, 4.69) is 16.0 Å². The Kier molecular flexibility index (Phi) is 5.73. The largest absolute Gasteiger partial charge is 0.493 e. The number of hydrogen-bond acceptors (Lipinski definition) is 6. The molecule has 3 aromatic heterocycles. The second kappa shape index (κ2) is 9.13. The molecule has 7 heteroatoms. The predicted octanol–water partition coefficient (Wildman–Crippen LogP) is 5.19. The highest BCUT2D eigenvalue weighted by atomic mass is 16.5. The monoisotopic (exact) mass is 437 g/mol. The van der Waals surface area contributed by atoms with Gasteiger partial charge >= 0.3 is 0 Å². The quantitative estimate of drug-likeness (QED) is 0.413. The maximum absolute atomic E-state index is 9.11. The van der Waals surface area contributed by atoms with E-state index in [0.29, 0.717) is 28.6 Å². The summed E-state index contributed by atoms with van der Waals surface area (Å²) in [5.41, 5.74) is 2.87. The highest BCUT2D eigenvalue weighted by Crippen LogP contribution is 2.36. The van der Waals surface area contributed by atoms with Crippen LogP contribution in [0.4, 0.5) is 0 Å². The summed E-state index contributed by atoms with van der Waals surface area (Å²) in [4.78, 5) is 13.7. The van der Waals surface area contributed by atoms with Gasteiger partial charge < -0.3 is 9.47 Å². The molecule has 0 aliphatic heterocycles. The van der Waals surface area contributed by atoms with Crippen molar-refractivity contribution in [2.24, 2.45) is 0 Å². The fourth-order valence-electron chi connectivity index (χ4n) is 4.14. The minimum atomic E-state index is 0.213. The molecule has 1 aliphatic carbocycles. The zero-order valence-electron chi connectivity index (χ0n) is 18.3. The normalized spacial score (nSPS) is 14.1. The number of rotatable bonds is 6. The molecule has 0 N–H and O–H groups in total. The van der Waals surface area contributed by atoms with Crippen LogP contribution in [0.1, 0.15) is 42.6 Å². The summed E-state index contributed by atoms with van der Waals surface area (Å²) in [7, 11) is 1.66. The first-order chi connectivity index (χ1) is 16.3. The molecule has 1 saturated carbocycles. The van der Waals surface area contributed by atoms with Gasteiger partial charge in [0.2, 0.25) is 0 Å². The fourth-order valence-corrected chi connectivity index (χ4v) is 4.14. The molecule has 0 bridgehead atoms. The van der Waals surface area contributed by atoms with Crippen LogP contribution >= 0.6 is 0 Å². The molecule has 164 valence electrons. The van der Waals surface area contributed by atoms with Gasteiger partial charge in [-0.15, -0.1) is 0 Å². The third-order valence-electron chi connectivity index (χ3n) is 5.78. The lowest BCUT2D eigenvalue weighted by molar-refractivity contribution is 0.200. The molecule has 1 aromatic carbocycles. The number of fused-ring (bicyclic) bond motifs is 1. The smallest absolute Gasteiger partial charge is 0.168 e. The first-order valence-corrected chi connectivity index (χ1v) is 11.0. The number of para-hydroxylation sites is 1. The van der Waals surface area contributed by atoms with Crippen molar-refractivity contribution in [2.45, 2.75) is 31.8 Å². The lowest BCUT2D eigenvalue weighted by Crippen LogP contribution is -2.12.